The molecule has 0 aromatic heterocycles. The number of amides is 1. The van der Waals surface area contributed by atoms with E-state index in [0.29, 0.717) is 11.6 Å². The Labute approximate surface area is 128 Å². The molecule has 1 N–H and O–H groups in total. The lowest BCUT2D eigenvalue weighted by Gasteiger charge is -2.02. The molecule has 2 nitrogen and oxygen atoms in total. The largest absolute Gasteiger partial charge is 0.348 e. The van der Waals surface area contributed by atoms with Crippen molar-refractivity contribution in [3.63, 3.8) is 0 Å². The number of halogens is 2. The first-order chi connectivity index (χ1) is 10.0. The van der Waals surface area contributed by atoms with Crippen LogP contribution in [0.25, 0.3) is 6.08 Å². The average Bonchev–Trinajstić information content (AvgIpc) is 2.48. The van der Waals surface area contributed by atoms with Crippen LogP contribution in [0.3, 0.4) is 0 Å². The summed E-state index contributed by atoms with van der Waals surface area (Å²) < 4.78 is 12.7. The normalized spacial score (nSPS) is 10.8. The molecule has 0 saturated heterocycles. The summed E-state index contributed by atoms with van der Waals surface area (Å²) in [5.74, 6) is -0.503. The highest BCUT2D eigenvalue weighted by Crippen LogP contribution is 2.17. The van der Waals surface area contributed by atoms with Crippen LogP contribution in [0.5, 0.6) is 0 Å². The summed E-state index contributed by atoms with van der Waals surface area (Å²) in [7, 11) is 0. The third-order valence-corrected chi connectivity index (χ3v) is 3.41. The van der Waals surface area contributed by atoms with E-state index in [0.717, 1.165) is 16.7 Å². The average molecular weight is 304 g/mol. The van der Waals surface area contributed by atoms with E-state index >= 15 is 0 Å². The Bertz CT molecular complexity index is 665. The van der Waals surface area contributed by atoms with Crippen LogP contribution in [0.1, 0.15) is 16.7 Å². The number of aryl methyl sites for hydroxylation is 1. The Morgan fingerprint density at radius 1 is 1.24 bits per heavy atom. The Morgan fingerprint density at radius 3 is 2.62 bits per heavy atom. The molecule has 2 rings (SSSR count). The molecule has 21 heavy (non-hydrogen) atoms. The van der Waals surface area contributed by atoms with Crippen molar-refractivity contribution in [2.45, 2.75) is 13.5 Å². The van der Waals surface area contributed by atoms with Gasteiger partial charge >= 0.3 is 0 Å². The van der Waals surface area contributed by atoms with Crippen molar-refractivity contribution in [1.29, 1.82) is 0 Å². The number of benzene rings is 2. The van der Waals surface area contributed by atoms with Crippen LogP contribution in [-0.4, -0.2) is 5.91 Å². The first kappa shape index (κ1) is 15.3. The van der Waals surface area contributed by atoms with Gasteiger partial charge in [-0.25, -0.2) is 4.39 Å². The van der Waals surface area contributed by atoms with Crippen molar-refractivity contribution in [2.24, 2.45) is 0 Å². The van der Waals surface area contributed by atoms with Gasteiger partial charge in [0.05, 0.1) is 0 Å². The second-order valence-corrected chi connectivity index (χ2v) is 5.09. The summed E-state index contributed by atoms with van der Waals surface area (Å²) in [6, 6.07) is 11.6. The molecule has 0 fully saturated rings. The molecule has 0 atom stereocenters. The topological polar surface area (TPSA) is 29.1 Å². The van der Waals surface area contributed by atoms with Crippen molar-refractivity contribution in [3.05, 3.63) is 76.1 Å². The molecule has 0 bridgehead atoms. The van der Waals surface area contributed by atoms with Gasteiger partial charge in [-0.3, -0.25) is 4.79 Å². The van der Waals surface area contributed by atoms with Gasteiger partial charge < -0.3 is 5.32 Å². The zero-order valence-electron chi connectivity index (χ0n) is 11.6. The zero-order chi connectivity index (χ0) is 15.2. The van der Waals surface area contributed by atoms with E-state index in [9.17, 15) is 9.18 Å². The number of carbonyl (C=O) groups is 1. The van der Waals surface area contributed by atoms with E-state index < -0.39 is 0 Å². The highest BCUT2D eigenvalue weighted by atomic mass is 35.5. The first-order valence-corrected chi connectivity index (χ1v) is 6.89. The Kier molecular flexibility index (Phi) is 5.12. The second-order valence-electron chi connectivity index (χ2n) is 4.69. The summed E-state index contributed by atoms with van der Waals surface area (Å²) in [6.45, 7) is 2.28. The fraction of sp³-hybridized carbons (Fsp3) is 0.118. The highest BCUT2D eigenvalue weighted by Gasteiger charge is 1.99. The lowest BCUT2D eigenvalue weighted by atomic mass is 10.1. The molecule has 0 radical (unpaired) electrons. The molecule has 108 valence electrons. The molecule has 2 aromatic carbocycles. The first-order valence-electron chi connectivity index (χ1n) is 6.51. The van der Waals surface area contributed by atoms with Gasteiger partial charge in [-0.15, -0.1) is 0 Å². The summed E-state index contributed by atoms with van der Waals surface area (Å²) in [5.41, 5.74) is 2.70. The standard InChI is InChI=1S/C17H15ClFNO/c1-12-2-3-13(10-16(12)18)6-9-17(21)20-11-14-4-7-15(19)8-5-14/h2-10H,11H2,1H3,(H,20,21)/b9-6+. The van der Waals surface area contributed by atoms with Crippen LogP contribution < -0.4 is 5.32 Å². The molecule has 0 heterocycles. The third kappa shape index (κ3) is 4.72. The van der Waals surface area contributed by atoms with Crippen molar-refractivity contribution < 1.29 is 9.18 Å². The lowest BCUT2D eigenvalue weighted by Crippen LogP contribution is -2.20. The summed E-state index contributed by atoms with van der Waals surface area (Å²) >= 11 is 6.02. The number of nitrogens with one attached hydrogen (secondary N) is 1. The van der Waals surface area contributed by atoms with E-state index in [1.54, 1.807) is 24.3 Å². The summed E-state index contributed by atoms with van der Waals surface area (Å²) in [4.78, 5) is 11.7. The number of hydrogen-bond donors (Lipinski definition) is 1. The molecular weight excluding hydrogens is 289 g/mol. The van der Waals surface area contributed by atoms with Crippen molar-refractivity contribution in [2.75, 3.05) is 0 Å². The van der Waals surface area contributed by atoms with E-state index in [2.05, 4.69) is 5.32 Å². The van der Waals surface area contributed by atoms with Crippen LogP contribution in [0.2, 0.25) is 5.02 Å². The van der Waals surface area contributed by atoms with Crippen LogP contribution in [0, 0.1) is 12.7 Å². The van der Waals surface area contributed by atoms with Gasteiger partial charge in [-0.1, -0.05) is 35.9 Å². The van der Waals surface area contributed by atoms with Gasteiger partial charge in [-0.05, 0) is 47.9 Å². The zero-order valence-corrected chi connectivity index (χ0v) is 12.3. The van der Waals surface area contributed by atoms with Crippen LogP contribution in [0.4, 0.5) is 4.39 Å². The minimum Gasteiger partial charge on any atom is -0.348 e. The monoisotopic (exact) mass is 303 g/mol. The molecule has 0 aliphatic heterocycles. The fourth-order valence-corrected chi connectivity index (χ4v) is 1.92. The van der Waals surface area contributed by atoms with Crippen molar-refractivity contribution >= 4 is 23.6 Å². The highest BCUT2D eigenvalue weighted by molar-refractivity contribution is 6.31. The van der Waals surface area contributed by atoms with Crippen molar-refractivity contribution in [1.82, 2.24) is 5.32 Å². The predicted octanol–water partition coefficient (Wildman–Crippen LogP) is 4.12. The van der Waals surface area contributed by atoms with Gasteiger partial charge in [0.25, 0.3) is 0 Å². The SMILES string of the molecule is Cc1ccc(/C=C/C(=O)NCc2ccc(F)cc2)cc1Cl. The van der Waals surface area contributed by atoms with E-state index in [-0.39, 0.29) is 11.7 Å². The minimum absolute atomic E-state index is 0.212. The van der Waals surface area contributed by atoms with E-state index in [1.807, 2.05) is 19.1 Å². The van der Waals surface area contributed by atoms with Gasteiger partial charge in [0.1, 0.15) is 5.82 Å². The van der Waals surface area contributed by atoms with Gasteiger partial charge in [0, 0.05) is 17.6 Å². The quantitative estimate of drug-likeness (QED) is 0.846. The summed E-state index contributed by atoms with van der Waals surface area (Å²) in [5, 5.41) is 3.40. The molecule has 0 saturated carbocycles. The molecule has 4 heteroatoms. The molecule has 1 amide bonds. The molecule has 0 unspecified atom stereocenters. The van der Waals surface area contributed by atoms with Gasteiger partial charge in [0.2, 0.25) is 5.91 Å². The third-order valence-electron chi connectivity index (χ3n) is 3.00. The number of rotatable bonds is 4. The molecule has 0 aliphatic carbocycles. The smallest absolute Gasteiger partial charge is 0.244 e. The van der Waals surface area contributed by atoms with Crippen LogP contribution >= 0.6 is 11.6 Å². The van der Waals surface area contributed by atoms with Gasteiger partial charge in [0.15, 0.2) is 0 Å². The van der Waals surface area contributed by atoms with Gasteiger partial charge in [-0.2, -0.15) is 0 Å². The summed E-state index contributed by atoms with van der Waals surface area (Å²) in [6.07, 6.45) is 3.15. The second kappa shape index (κ2) is 7.04. The Hall–Kier alpha value is -2.13. The maximum Gasteiger partial charge on any atom is 0.244 e. The number of carbonyl (C=O) groups excluding carboxylic acids is 1. The molecule has 2 aromatic rings. The minimum atomic E-state index is -0.291. The molecule has 0 aliphatic rings. The fourth-order valence-electron chi connectivity index (χ4n) is 1.74. The predicted molar refractivity (Wildman–Crippen MR) is 83.5 cm³/mol. The lowest BCUT2D eigenvalue weighted by molar-refractivity contribution is -0.116. The van der Waals surface area contributed by atoms with Crippen LogP contribution in [-0.2, 0) is 11.3 Å². The van der Waals surface area contributed by atoms with Crippen LogP contribution in [0.15, 0.2) is 48.5 Å². The maximum absolute atomic E-state index is 12.7. The molecule has 0 spiro atoms. The number of hydrogen-bond acceptors (Lipinski definition) is 1. The maximum atomic E-state index is 12.7. The Balaban J connectivity index is 1.90. The molecular formula is C17H15ClFNO. The van der Waals surface area contributed by atoms with Crippen molar-refractivity contribution in [3.8, 4) is 0 Å². The van der Waals surface area contributed by atoms with E-state index in [1.165, 1.54) is 18.2 Å². The van der Waals surface area contributed by atoms with E-state index in [4.69, 9.17) is 11.6 Å². The Morgan fingerprint density at radius 2 is 1.95 bits per heavy atom.